The topological polar surface area (TPSA) is 37.4 Å². The zero-order valence-electron chi connectivity index (χ0n) is 13.7. The van der Waals surface area contributed by atoms with Crippen molar-refractivity contribution in [2.75, 3.05) is 5.75 Å². The molecule has 0 saturated heterocycles. The van der Waals surface area contributed by atoms with E-state index in [0.29, 0.717) is 24.1 Å². The number of benzene rings is 1. The van der Waals surface area contributed by atoms with Gasteiger partial charge in [0.05, 0.1) is 5.75 Å². The molecule has 0 radical (unpaired) electrons. The normalized spacial score (nSPS) is 19.6. The van der Waals surface area contributed by atoms with Crippen LogP contribution in [0.1, 0.15) is 63.0 Å². The first kappa shape index (κ1) is 16.0. The van der Waals surface area contributed by atoms with E-state index in [9.17, 15) is 8.42 Å². The highest BCUT2D eigenvalue weighted by atomic mass is 32.2. The summed E-state index contributed by atoms with van der Waals surface area (Å²) in [5, 5.41) is 0. The lowest BCUT2D eigenvalue weighted by Crippen LogP contribution is -2.37. The van der Waals surface area contributed by atoms with Gasteiger partial charge in [-0.3, -0.25) is 0 Å². The molecule has 2 fully saturated rings. The summed E-state index contributed by atoms with van der Waals surface area (Å²) < 4.78 is 27.2. The van der Waals surface area contributed by atoms with Gasteiger partial charge in [0, 0.05) is 12.6 Å². The van der Waals surface area contributed by atoms with Crippen LogP contribution in [0.2, 0.25) is 0 Å². The molecule has 0 bridgehead atoms. The summed E-state index contributed by atoms with van der Waals surface area (Å²) in [6.07, 6.45) is 5.41. The maximum atomic E-state index is 12.7. The molecule has 0 spiro atoms. The molecule has 1 aromatic carbocycles. The quantitative estimate of drug-likeness (QED) is 0.763. The molecule has 0 amide bonds. The van der Waals surface area contributed by atoms with Crippen LogP contribution in [0.5, 0.6) is 0 Å². The van der Waals surface area contributed by atoms with E-state index in [4.69, 9.17) is 0 Å². The standard InChI is InChI=1S/C18H27NO2S/c1-14(2)17-8-6-15(7-9-17)12-19(18-10-11-18)22(20,21)13-16-4-3-5-16/h6-9,14,16,18H,3-5,10-13H2,1-2H3. The van der Waals surface area contributed by atoms with Crippen LogP contribution in [0.3, 0.4) is 0 Å². The third-order valence-electron chi connectivity index (χ3n) is 4.97. The Hall–Kier alpha value is -0.870. The fourth-order valence-corrected chi connectivity index (χ4v) is 5.19. The van der Waals surface area contributed by atoms with Crippen LogP contribution in [0.25, 0.3) is 0 Å². The maximum absolute atomic E-state index is 12.7. The van der Waals surface area contributed by atoms with Gasteiger partial charge in [0.25, 0.3) is 0 Å². The Kier molecular flexibility index (Phi) is 4.60. The zero-order chi connectivity index (χ0) is 15.7. The Labute approximate surface area is 134 Å². The minimum Gasteiger partial charge on any atom is -0.212 e. The van der Waals surface area contributed by atoms with E-state index in [1.807, 2.05) is 0 Å². The predicted molar refractivity (Wildman–Crippen MR) is 90.2 cm³/mol. The van der Waals surface area contributed by atoms with Crippen molar-refractivity contribution < 1.29 is 8.42 Å². The lowest BCUT2D eigenvalue weighted by molar-refractivity contribution is 0.331. The largest absolute Gasteiger partial charge is 0.214 e. The van der Waals surface area contributed by atoms with E-state index in [0.717, 1.165) is 31.2 Å². The summed E-state index contributed by atoms with van der Waals surface area (Å²) in [5.41, 5.74) is 2.41. The van der Waals surface area contributed by atoms with Gasteiger partial charge in [-0.1, -0.05) is 44.5 Å². The number of hydrogen-bond donors (Lipinski definition) is 0. The highest BCUT2D eigenvalue weighted by Gasteiger charge is 2.38. The van der Waals surface area contributed by atoms with Crippen LogP contribution < -0.4 is 0 Å². The van der Waals surface area contributed by atoms with Crippen molar-refractivity contribution in [3.63, 3.8) is 0 Å². The minimum absolute atomic E-state index is 0.245. The van der Waals surface area contributed by atoms with Crippen LogP contribution >= 0.6 is 0 Å². The van der Waals surface area contributed by atoms with Gasteiger partial charge in [-0.25, -0.2) is 8.42 Å². The summed E-state index contributed by atoms with van der Waals surface area (Å²) in [6, 6.07) is 8.68. The van der Waals surface area contributed by atoms with Gasteiger partial charge in [-0.05, 0) is 48.6 Å². The number of nitrogens with zero attached hydrogens (tertiary/aromatic N) is 1. The second-order valence-corrected chi connectivity index (χ2v) is 9.21. The molecule has 0 aromatic heterocycles. The molecule has 0 heterocycles. The Bertz CT molecular complexity index is 598. The van der Waals surface area contributed by atoms with Crippen molar-refractivity contribution in [2.24, 2.45) is 5.92 Å². The fraction of sp³-hybridized carbons (Fsp3) is 0.667. The Morgan fingerprint density at radius 1 is 1.09 bits per heavy atom. The van der Waals surface area contributed by atoms with Crippen molar-refractivity contribution >= 4 is 10.0 Å². The third kappa shape index (κ3) is 3.72. The molecule has 3 nitrogen and oxygen atoms in total. The van der Waals surface area contributed by atoms with Crippen LogP contribution in [-0.2, 0) is 16.6 Å². The second-order valence-electron chi connectivity index (χ2n) is 7.25. The van der Waals surface area contributed by atoms with Crippen LogP contribution in [-0.4, -0.2) is 24.5 Å². The Morgan fingerprint density at radius 3 is 2.18 bits per heavy atom. The van der Waals surface area contributed by atoms with Gasteiger partial charge in [0.15, 0.2) is 0 Å². The van der Waals surface area contributed by atoms with Crippen molar-refractivity contribution in [2.45, 2.75) is 64.5 Å². The molecule has 2 aliphatic carbocycles. The number of rotatable bonds is 7. The van der Waals surface area contributed by atoms with E-state index >= 15 is 0 Å². The van der Waals surface area contributed by atoms with Gasteiger partial charge in [0.1, 0.15) is 0 Å². The molecule has 2 aliphatic rings. The van der Waals surface area contributed by atoms with E-state index < -0.39 is 10.0 Å². The zero-order valence-corrected chi connectivity index (χ0v) is 14.5. The highest BCUT2D eigenvalue weighted by molar-refractivity contribution is 7.89. The molecule has 2 saturated carbocycles. The SMILES string of the molecule is CC(C)c1ccc(CN(C2CC2)S(=O)(=O)CC2CCC2)cc1. The lowest BCUT2D eigenvalue weighted by Gasteiger charge is -2.29. The third-order valence-corrected chi connectivity index (χ3v) is 7.00. The summed E-state index contributed by atoms with van der Waals surface area (Å²) in [7, 11) is -3.11. The van der Waals surface area contributed by atoms with E-state index in [-0.39, 0.29) is 6.04 Å². The second kappa shape index (κ2) is 6.32. The molecule has 22 heavy (non-hydrogen) atoms. The molecule has 3 rings (SSSR count). The smallest absolute Gasteiger partial charge is 0.212 e. The molecule has 0 aliphatic heterocycles. The van der Waals surface area contributed by atoms with Crippen LogP contribution in [0, 0.1) is 5.92 Å². The van der Waals surface area contributed by atoms with Crippen LogP contribution in [0.15, 0.2) is 24.3 Å². The summed E-state index contributed by atoms with van der Waals surface area (Å²) >= 11 is 0. The molecule has 0 atom stereocenters. The lowest BCUT2D eigenvalue weighted by atomic mass is 9.87. The average molecular weight is 321 g/mol. The number of hydrogen-bond acceptors (Lipinski definition) is 2. The molecular formula is C18H27NO2S. The van der Waals surface area contributed by atoms with Crippen LogP contribution in [0.4, 0.5) is 0 Å². The first-order valence-corrected chi connectivity index (χ1v) is 10.1. The van der Waals surface area contributed by atoms with E-state index in [1.165, 1.54) is 12.0 Å². The Balaban J connectivity index is 1.71. The molecular weight excluding hydrogens is 294 g/mol. The average Bonchev–Trinajstić information content (AvgIpc) is 3.25. The van der Waals surface area contributed by atoms with Gasteiger partial charge >= 0.3 is 0 Å². The van der Waals surface area contributed by atoms with Crippen molar-refractivity contribution in [1.82, 2.24) is 4.31 Å². The fourth-order valence-electron chi connectivity index (χ4n) is 3.06. The summed E-state index contributed by atoms with van der Waals surface area (Å²) in [5.74, 6) is 1.26. The van der Waals surface area contributed by atoms with Gasteiger partial charge < -0.3 is 0 Å². The monoisotopic (exact) mass is 321 g/mol. The maximum Gasteiger partial charge on any atom is 0.214 e. The van der Waals surface area contributed by atoms with Crippen molar-refractivity contribution in [3.05, 3.63) is 35.4 Å². The molecule has 4 heteroatoms. The minimum atomic E-state index is -3.11. The number of sulfonamides is 1. The molecule has 122 valence electrons. The summed E-state index contributed by atoms with van der Waals surface area (Å²) in [6.45, 7) is 4.89. The van der Waals surface area contributed by atoms with Gasteiger partial charge in [-0.2, -0.15) is 4.31 Å². The van der Waals surface area contributed by atoms with Gasteiger partial charge in [-0.15, -0.1) is 0 Å². The van der Waals surface area contributed by atoms with E-state index in [2.05, 4.69) is 38.1 Å². The molecule has 0 N–H and O–H groups in total. The van der Waals surface area contributed by atoms with Crippen molar-refractivity contribution in [3.8, 4) is 0 Å². The Morgan fingerprint density at radius 2 is 1.73 bits per heavy atom. The summed E-state index contributed by atoms with van der Waals surface area (Å²) in [4.78, 5) is 0. The van der Waals surface area contributed by atoms with Gasteiger partial charge in [0.2, 0.25) is 10.0 Å². The first-order valence-electron chi connectivity index (χ1n) is 8.54. The van der Waals surface area contributed by atoms with E-state index in [1.54, 1.807) is 4.31 Å². The molecule has 0 unspecified atom stereocenters. The highest BCUT2D eigenvalue weighted by Crippen LogP contribution is 2.34. The molecule has 1 aromatic rings. The first-order chi connectivity index (χ1) is 10.5. The van der Waals surface area contributed by atoms with Crippen molar-refractivity contribution in [1.29, 1.82) is 0 Å². The predicted octanol–water partition coefficient (Wildman–Crippen LogP) is 3.90.